The quantitative estimate of drug-likeness (QED) is 0.768. The van der Waals surface area contributed by atoms with Gasteiger partial charge in [-0.2, -0.15) is 0 Å². The molecule has 2 heterocycles. The molecule has 130 valence electrons. The van der Waals surface area contributed by atoms with Crippen molar-refractivity contribution in [1.29, 1.82) is 0 Å². The number of nitrogens with one attached hydrogen (secondary N) is 1. The van der Waals surface area contributed by atoms with E-state index in [2.05, 4.69) is 43.0 Å². The fraction of sp³-hybridized carbons (Fsp3) is 0.450. The van der Waals surface area contributed by atoms with Crippen molar-refractivity contribution in [3.8, 4) is 0 Å². The number of hydrogen-bond acceptors (Lipinski definition) is 4. The van der Waals surface area contributed by atoms with E-state index in [9.17, 15) is 0 Å². The van der Waals surface area contributed by atoms with Gasteiger partial charge in [0.25, 0.3) is 0 Å². The minimum absolute atomic E-state index is 0.524. The summed E-state index contributed by atoms with van der Waals surface area (Å²) in [6, 6.07) is 6.96. The van der Waals surface area contributed by atoms with Gasteiger partial charge >= 0.3 is 0 Å². The van der Waals surface area contributed by atoms with Crippen molar-refractivity contribution in [3.05, 3.63) is 48.8 Å². The summed E-state index contributed by atoms with van der Waals surface area (Å²) in [5, 5.41) is 4.82. The van der Waals surface area contributed by atoms with Crippen LogP contribution >= 0.6 is 0 Å². The van der Waals surface area contributed by atoms with Gasteiger partial charge in [-0.3, -0.25) is 0 Å². The number of hydrogen-bond donors (Lipinski definition) is 1. The average Bonchev–Trinajstić information content (AvgIpc) is 3.10. The lowest BCUT2D eigenvalue weighted by Gasteiger charge is -2.22. The Morgan fingerprint density at radius 2 is 1.88 bits per heavy atom. The predicted molar refractivity (Wildman–Crippen MR) is 101 cm³/mol. The second-order valence-corrected chi connectivity index (χ2v) is 7.00. The molecule has 5 nitrogen and oxygen atoms in total. The van der Waals surface area contributed by atoms with Crippen molar-refractivity contribution < 1.29 is 0 Å². The van der Waals surface area contributed by atoms with Crippen LogP contribution in [0.15, 0.2) is 43.2 Å². The van der Waals surface area contributed by atoms with E-state index < -0.39 is 0 Å². The van der Waals surface area contributed by atoms with Crippen LogP contribution in [0.3, 0.4) is 0 Å². The first-order chi connectivity index (χ1) is 12.4. The van der Waals surface area contributed by atoms with E-state index in [-0.39, 0.29) is 0 Å². The van der Waals surface area contributed by atoms with E-state index >= 15 is 0 Å². The Labute approximate surface area is 148 Å². The molecule has 1 aliphatic carbocycles. The van der Waals surface area contributed by atoms with E-state index in [4.69, 9.17) is 0 Å². The highest BCUT2D eigenvalue weighted by atomic mass is 15.0. The molecule has 1 aliphatic rings. The summed E-state index contributed by atoms with van der Waals surface area (Å²) >= 11 is 0. The standard InChI is InChI=1S/C20H25N5/c1-2-4-6-17(7-5-3-1)24-20-18-12-16(13-25-11-10-21-15-25)8-9-19(18)22-14-23-20/h8-12,14-15,17H,1-7,13H2,(H,22,23,24). The molecule has 1 saturated carbocycles. The third-order valence-corrected chi connectivity index (χ3v) is 5.07. The SMILES string of the molecule is c1cn(Cc2ccc3ncnc(NC4CCCCCCC4)c3c2)cn1. The molecule has 0 bridgehead atoms. The minimum Gasteiger partial charge on any atom is -0.367 e. The third-order valence-electron chi connectivity index (χ3n) is 5.07. The maximum atomic E-state index is 4.55. The summed E-state index contributed by atoms with van der Waals surface area (Å²) in [5.41, 5.74) is 2.23. The van der Waals surface area contributed by atoms with Gasteiger partial charge in [-0.1, -0.05) is 38.2 Å². The van der Waals surface area contributed by atoms with Crippen LogP contribution in [0.25, 0.3) is 10.9 Å². The second kappa shape index (κ2) is 7.64. The lowest BCUT2D eigenvalue weighted by Crippen LogP contribution is -2.21. The highest BCUT2D eigenvalue weighted by molar-refractivity contribution is 5.89. The first-order valence-electron chi connectivity index (χ1n) is 9.34. The lowest BCUT2D eigenvalue weighted by atomic mass is 9.96. The van der Waals surface area contributed by atoms with Crippen LogP contribution in [0.5, 0.6) is 0 Å². The summed E-state index contributed by atoms with van der Waals surface area (Å²) in [5.74, 6) is 0.975. The van der Waals surface area contributed by atoms with Crippen LogP contribution in [0.4, 0.5) is 5.82 Å². The Morgan fingerprint density at radius 3 is 2.68 bits per heavy atom. The van der Waals surface area contributed by atoms with Gasteiger partial charge in [0.05, 0.1) is 11.8 Å². The summed E-state index contributed by atoms with van der Waals surface area (Å²) in [6.07, 6.45) is 16.5. The molecule has 0 unspecified atom stereocenters. The Balaban J connectivity index is 1.58. The summed E-state index contributed by atoms with van der Waals surface area (Å²) < 4.78 is 2.08. The smallest absolute Gasteiger partial charge is 0.137 e. The van der Waals surface area contributed by atoms with E-state index in [1.807, 2.05) is 18.7 Å². The van der Waals surface area contributed by atoms with Gasteiger partial charge in [-0.25, -0.2) is 15.0 Å². The van der Waals surface area contributed by atoms with Crippen LogP contribution < -0.4 is 5.32 Å². The van der Waals surface area contributed by atoms with Crippen molar-refractivity contribution in [2.75, 3.05) is 5.32 Å². The molecule has 0 radical (unpaired) electrons. The minimum atomic E-state index is 0.524. The number of nitrogens with zero attached hydrogens (tertiary/aromatic N) is 4. The number of fused-ring (bicyclic) bond motifs is 1. The molecule has 1 aromatic carbocycles. The lowest BCUT2D eigenvalue weighted by molar-refractivity contribution is 0.471. The van der Waals surface area contributed by atoms with Gasteiger partial charge in [0.1, 0.15) is 12.1 Å². The molecule has 0 amide bonds. The van der Waals surface area contributed by atoms with Gasteiger partial charge < -0.3 is 9.88 Å². The van der Waals surface area contributed by atoms with Crippen molar-refractivity contribution in [1.82, 2.24) is 19.5 Å². The number of imidazole rings is 1. The molecule has 0 saturated heterocycles. The van der Waals surface area contributed by atoms with Gasteiger partial charge in [0.15, 0.2) is 0 Å². The van der Waals surface area contributed by atoms with Crippen molar-refractivity contribution in [2.45, 2.75) is 57.5 Å². The maximum absolute atomic E-state index is 4.55. The van der Waals surface area contributed by atoms with Crippen LogP contribution in [-0.2, 0) is 6.54 Å². The van der Waals surface area contributed by atoms with Gasteiger partial charge in [-0.05, 0) is 30.5 Å². The van der Waals surface area contributed by atoms with Crippen molar-refractivity contribution in [2.24, 2.45) is 0 Å². The van der Waals surface area contributed by atoms with Crippen LogP contribution in [0.2, 0.25) is 0 Å². The Morgan fingerprint density at radius 1 is 1.04 bits per heavy atom. The zero-order valence-electron chi connectivity index (χ0n) is 14.6. The molecule has 0 atom stereocenters. The molecule has 4 rings (SSSR count). The largest absolute Gasteiger partial charge is 0.367 e. The third kappa shape index (κ3) is 3.98. The molecule has 5 heteroatoms. The van der Waals surface area contributed by atoms with Crippen LogP contribution in [0, 0.1) is 0 Å². The van der Waals surface area contributed by atoms with Crippen LogP contribution in [0.1, 0.15) is 50.5 Å². The highest BCUT2D eigenvalue weighted by Crippen LogP contribution is 2.25. The highest BCUT2D eigenvalue weighted by Gasteiger charge is 2.13. The number of anilines is 1. The van der Waals surface area contributed by atoms with Gasteiger partial charge in [-0.15, -0.1) is 0 Å². The molecular weight excluding hydrogens is 310 g/mol. The number of rotatable bonds is 4. The molecule has 3 aromatic rings. The van der Waals surface area contributed by atoms with E-state index in [1.54, 1.807) is 6.33 Å². The van der Waals surface area contributed by atoms with Crippen molar-refractivity contribution in [3.63, 3.8) is 0 Å². The summed E-state index contributed by atoms with van der Waals surface area (Å²) in [7, 11) is 0. The first-order valence-corrected chi connectivity index (χ1v) is 9.34. The van der Waals surface area contributed by atoms with E-state index in [1.165, 1.54) is 50.5 Å². The maximum Gasteiger partial charge on any atom is 0.137 e. The zero-order valence-corrected chi connectivity index (χ0v) is 14.6. The molecule has 0 aliphatic heterocycles. The monoisotopic (exact) mass is 335 g/mol. The van der Waals surface area contributed by atoms with Crippen molar-refractivity contribution >= 4 is 16.7 Å². The fourth-order valence-electron chi connectivity index (χ4n) is 3.70. The predicted octanol–water partition coefficient (Wildman–Crippen LogP) is 4.40. The first kappa shape index (κ1) is 16.1. The summed E-state index contributed by atoms with van der Waals surface area (Å²) in [6.45, 7) is 0.813. The van der Waals surface area contributed by atoms with Gasteiger partial charge in [0, 0.05) is 30.4 Å². The Bertz CT molecular complexity index is 804. The molecule has 2 aromatic heterocycles. The zero-order chi connectivity index (χ0) is 16.9. The topological polar surface area (TPSA) is 55.6 Å². The fourth-order valence-corrected chi connectivity index (χ4v) is 3.70. The van der Waals surface area contributed by atoms with E-state index in [0.717, 1.165) is 23.3 Å². The van der Waals surface area contributed by atoms with E-state index in [0.29, 0.717) is 6.04 Å². The number of aromatic nitrogens is 4. The normalized spacial score (nSPS) is 16.5. The molecular formula is C20H25N5. The van der Waals surface area contributed by atoms with Crippen LogP contribution in [-0.4, -0.2) is 25.6 Å². The molecule has 1 N–H and O–H groups in total. The molecule has 1 fully saturated rings. The second-order valence-electron chi connectivity index (χ2n) is 7.00. The summed E-state index contributed by atoms with van der Waals surface area (Å²) in [4.78, 5) is 13.1. The average molecular weight is 335 g/mol. The molecule has 0 spiro atoms. The molecule has 25 heavy (non-hydrogen) atoms. The Kier molecular flexibility index (Phi) is 4.91. The number of benzene rings is 1. The van der Waals surface area contributed by atoms with Gasteiger partial charge in [0.2, 0.25) is 0 Å². The Hall–Kier alpha value is -2.43.